The molecule has 3 heteroatoms. The van der Waals surface area contributed by atoms with Crippen molar-refractivity contribution in [3.63, 3.8) is 0 Å². The molecule has 2 N–H and O–H groups in total. The highest BCUT2D eigenvalue weighted by Crippen LogP contribution is 2.33. The maximum Gasteiger partial charge on any atom is 0.0463 e. The third-order valence-electron chi connectivity index (χ3n) is 2.48. The zero-order valence-electron chi connectivity index (χ0n) is 10.4. The van der Waals surface area contributed by atoms with Crippen LogP contribution in [-0.4, -0.2) is 16.8 Å². The number of hydrogen-bond acceptors (Lipinski definition) is 3. The molecule has 0 saturated carbocycles. The van der Waals surface area contributed by atoms with Gasteiger partial charge in [0.05, 0.1) is 0 Å². The summed E-state index contributed by atoms with van der Waals surface area (Å²) in [5.74, 6) is 1.85. The lowest BCUT2D eigenvalue weighted by atomic mass is 10.1. The van der Waals surface area contributed by atoms with Gasteiger partial charge in [0.25, 0.3) is 0 Å². The molecular formula is C13H22N2S. The van der Waals surface area contributed by atoms with Crippen LogP contribution in [0, 0.1) is 5.92 Å². The van der Waals surface area contributed by atoms with Crippen LogP contribution < -0.4 is 5.73 Å². The molecule has 2 atom stereocenters. The zero-order valence-corrected chi connectivity index (χ0v) is 11.2. The average molecular weight is 238 g/mol. The second-order valence-electron chi connectivity index (χ2n) is 4.51. The maximum absolute atomic E-state index is 6.19. The normalized spacial score (nSPS) is 15.1. The van der Waals surface area contributed by atoms with Gasteiger partial charge in [0, 0.05) is 23.7 Å². The Kier molecular flexibility index (Phi) is 5.85. The molecule has 0 aliphatic rings. The van der Waals surface area contributed by atoms with Crippen molar-refractivity contribution in [1.82, 2.24) is 4.98 Å². The second-order valence-corrected chi connectivity index (χ2v) is 5.68. The van der Waals surface area contributed by atoms with E-state index in [9.17, 15) is 0 Å². The summed E-state index contributed by atoms with van der Waals surface area (Å²) in [7, 11) is 0. The summed E-state index contributed by atoms with van der Waals surface area (Å²) in [5, 5.41) is 0.376. The van der Waals surface area contributed by atoms with E-state index in [2.05, 4.69) is 31.8 Å². The van der Waals surface area contributed by atoms with E-state index in [-0.39, 0.29) is 6.04 Å². The van der Waals surface area contributed by atoms with Gasteiger partial charge >= 0.3 is 0 Å². The Morgan fingerprint density at radius 1 is 1.44 bits per heavy atom. The van der Waals surface area contributed by atoms with Crippen molar-refractivity contribution in [2.75, 3.05) is 5.75 Å². The summed E-state index contributed by atoms with van der Waals surface area (Å²) >= 11 is 1.95. The molecule has 0 aliphatic carbocycles. The second kappa shape index (κ2) is 6.92. The van der Waals surface area contributed by atoms with Gasteiger partial charge in [-0.1, -0.05) is 26.8 Å². The fourth-order valence-electron chi connectivity index (χ4n) is 1.52. The van der Waals surface area contributed by atoms with E-state index >= 15 is 0 Å². The Hall–Kier alpha value is -0.540. The fraction of sp³-hybridized carbons (Fsp3) is 0.615. The molecule has 1 heterocycles. The van der Waals surface area contributed by atoms with Crippen LogP contribution in [0.3, 0.4) is 0 Å². The third kappa shape index (κ3) is 4.14. The van der Waals surface area contributed by atoms with Gasteiger partial charge in [0.15, 0.2) is 0 Å². The Balaban J connectivity index is 2.71. The summed E-state index contributed by atoms with van der Waals surface area (Å²) in [4.78, 5) is 4.18. The molecule has 1 aromatic rings. The van der Waals surface area contributed by atoms with Crippen LogP contribution in [0.15, 0.2) is 24.5 Å². The topological polar surface area (TPSA) is 38.9 Å². The predicted molar refractivity (Wildman–Crippen MR) is 72.5 cm³/mol. The van der Waals surface area contributed by atoms with Crippen molar-refractivity contribution in [3.8, 4) is 0 Å². The summed E-state index contributed by atoms with van der Waals surface area (Å²) in [5.41, 5.74) is 7.44. The molecule has 1 rings (SSSR count). The minimum Gasteiger partial charge on any atom is -0.326 e. The summed E-state index contributed by atoms with van der Waals surface area (Å²) in [6.45, 7) is 6.62. The van der Waals surface area contributed by atoms with Crippen molar-refractivity contribution < 1.29 is 0 Å². The van der Waals surface area contributed by atoms with E-state index in [1.165, 1.54) is 5.56 Å². The standard InChI is InChI=1S/C13H22N2S/c1-4-12(14)13(16-9-10(2)3)11-6-5-7-15-8-11/h5-8,10,12-13H,4,9,14H2,1-3H3. The first-order valence-electron chi connectivity index (χ1n) is 5.92. The van der Waals surface area contributed by atoms with Crippen LogP contribution in [0.4, 0.5) is 0 Å². The summed E-state index contributed by atoms with van der Waals surface area (Å²) in [6, 6.07) is 4.33. The van der Waals surface area contributed by atoms with Crippen molar-refractivity contribution in [1.29, 1.82) is 0 Å². The molecule has 16 heavy (non-hydrogen) atoms. The molecular weight excluding hydrogens is 216 g/mol. The quantitative estimate of drug-likeness (QED) is 0.827. The van der Waals surface area contributed by atoms with E-state index in [0.29, 0.717) is 11.2 Å². The van der Waals surface area contributed by atoms with E-state index in [4.69, 9.17) is 5.73 Å². The number of aromatic nitrogens is 1. The summed E-state index contributed by atoms with van der Waals surface area (Å²) in [6.07, 6.45) is 4.75. The van der Waals surface area contributed by atoms with Gasteiger partial charge in [0.1, 0.15) is 0 Å². The van der Waals surface area contributed by atoms with Crippen molar-refractivity contribution in [3.05, 3.63) is 30.1 Å². The number of nitrogens with two attached hydrogens (primary N) is 1. The minimum atomic E-state index is 0.216. The molecule has 0 aromatic carbocycles. The smallest absolute Gasteiger partial charge is 0.0463 e. The van der Waals surface area contributed by atoms with Crippen LogP contribution in [0.5, 0.6) is 0 Å². The Labute approximate surface area is 103 Å². The Morgan fingerprint density at radius 2 is 2.19 bits per heavy atom. The van der Waals surface area contributed by atoms with Crippen LogP contribution in [-0.2, 0) is 0 Å². The van der Waals surface area contributed by atoms with Gasteiger partial charge < -0.3 is 5.73 Å². The summed E-state index contributed by atoms with van der Waals surface area (Å²) < 4.78 is 0. The third-order valence-corrected chi connectivity index (χ3v) is 4.32. The van der Waals surface area contributed by atoms with E-state index in [1.54, 1.807) is 0 Å². The van der Waals surface area contributed by atoms with Crippen molar-refractivity contribution in [2.24, 2.45) is 11.7 Å². The number of pyridine rings is 1. The molecule has 2 nitrogen and oxygen atoms in total. The molecule has 0 radical (unpaired) electrons. The number of rotatable bonds is 6. The molecule has 2 unspecified atom stereocenters. The first kappa shape index (κ1) is 13.5. The molecule has 0 saturated heterocycles. The number of nitrogens with zero attached hydrogens (tertiary/aromatic N) is 1. The molecule has 0 amide bonds. The van der Waals surface area contributed by atoms with E-state index < -0.39 is 0 Å². The van der Waals surface area contributed by atoms with Crippen molar-refractivity contribution in [2.45, 2.75) is 38.5 Å². The van der Waals surface area contributed by atoms with Gasteiger partial charge in [-0.15, -0.1) is 0 Å². The Morgan fingerprint density at radius 3 is 2.69 bits per heavy atom. The highest BCUT2D eigenvalue weighted by atomic mass is 32.2. The van der Waals surface area contributed by atoms with Crippen LogP contribution in [0.2, 0.25) is 0 Å². The largest absolute Gasteiger partial charge is 0.326 e. The fourth-order valence-corrected chi connectivity index (χ4v) is 2.89. The predicted octanol–water partition coefficient (Wildman–Crippen LogP) is 3.25. The molecule has 0 aliphatic heterocycles. The van der Waals surface area contributed by atoms with Crippen molar-refractivity contribution >= 4 is 11.8 Å². The molecule has 0 bridgehead atoms. The molecule has 1 aromatic heterocycles. The average Bonchev–Trinajstić information content (AvgIpc) is 2.30. The van der Waals surface area contributed by atoms with Gasteiger partial charge in [-0.05, 0) is 29.7 Å². The highest BCUT2D eigenvalue weighted by molar-refractivity contribution is 7.99. The van der Waals surface area contributed by atoms with Crippen LogP contribution in [0.1, 0.15) is 38.0 Å². The molecule has 0 fully saturated rings. The van der Waals surface area contributed by atoms with Gasteiger partial charge in [-0.25, -0.2) is 0 Å². The Bertz CT molecular complexity index is 287. The first-order valence-corrected chi connectivity index (χ1v) is 6.97. The lowest BCUT2D eigenvalue weighted by Crippen LogP contribution is -2.26. The first-order chi connectivity index (χ1) is 7.65. The zero-order chi connectivity index (χ0) is 12.0. The number of thioether (sulfide) groups is 1. The number of hydrogen-bond donors (Lipinski definition) is 1. The van der Waals surface area contributed by atoms with E-state index in [0.717, 1.165) is 12.2 Å². The van der Waals surface area contributed by atoms with Gasteiger partial charge in [-0.2, -0.15) is 11.8 Å². The van der Waals surface area contributed by atoms with Gasteiger partial charge in [-0.3, -0.25) is 4.98 Å². The minimum absolute atomic E-state index is 0.216. The van der Waals surface area contributed by atoms with E-state index in [1.807, 2.05) is 30.2 Å². The SMILES string of the molecule is CCC(N)C(SCC(C)C)c1cccnc1. The lowest BCUT2D eigenvalue weighted by Gasteiger charge is -2.23. The maximum atomic E-state index is 6.19. The van der Waals surface area contributed by atoms with Crippen LogP contribution in [0.25, 0.3) is 0 Å². The lowest BCUT2D eigenvalue weighted by molar-refractivity contribution is 0.629. The van der Waals surface area contributed by atoms with Crippen LogP contribution >= 0.6 is 11.8 Å². The molecule has 0 spiro atoms. The molecule has 90 valence electrons. The highest BCUT2D eigenvalue weighted by Gasteiger charge is 2.19. The monoisotopic (exact) mass is 238 g/mol. The van der Waals surface area contributed by atoms with Gasteiger partial charge in [0.2, 0.25) is 0 Å².